The van der Waals surface area contributed by atoms with Crippen molar-refractivity contribution in [2.45, 2.75) is 25.7 Å². The zero-order valence-corrected chi connectivity index (χ0v) is 12.1. The van der Waals surface area contributed by atoms with Gasteiger partial charge in [-0.05, 0) is 41.3 Å². The van der Waals surface area contributed by atoms with Gasteiger partial charge in [-0.15, -0.1) is 0 Å². The van der Waals surface area contributed by atoms with Crippen LogP contribution in [0.15, 0.2) is 48.5 Å². The second kappa shape index (κ2) is 6.85. The van der Waals surface area contributed by atoms with Gasteiger partial charge < -0.3 is 15.2 Å². The average Bonchev–Trinajstić information content (AvgIpc) is 3.07. The average molecular weight is 283 g/mol. The second-order valence-corrected chi connectivity index (χ2v) is 5.44. The summed E-state index contributed by atoms with van der Waals surface area (Å²) in [6.45, 7) is 2.69. The number of hydrogen-bond acceptors (Lipinski definition) is 3. The third-order valence-corrected chi connectivity index (χ3v) is 3.93. The van der Waals surface area contributed by atoms with Crippen LogP contribution in [0.5, 0.6) is 0 Å². The molecule has 110 valence electrons. The van der Waals surface area contributed by atoms with Gasteiger partial charge in [0.1, 0.15) is 0 Å². The van der Waals surface area contributed by atoms with Crippen LogP contribution in [0.4, 0.5) is 0 Å². The Morgan fingerprint density at radius 3 is 2.86 bits per heavy atom. The van der Waals surface area contributed by atoms with Crippen molar-refractivity contribution in [2.75, 3.05) is 13.1 Å². The van der Waals surface area contributed by atoms with Crippen molar-refractivity contribution >= 4 is 0 Å². The van der Waals surface area contributed by atoms with E-state index < -0.39 is 0 Å². The molecule has 0 aliphatic carbocycles. The molecule has 3 heteroatoms. The molecule has 0 bridgehead atoms. The first-order valence-electron chi connectivity index (χ1n) is 7.47. The molecule has 0 spiro atoms. The number of ether oxygens (including phenoxy) is 1. The monoisotopic (exact) mass is 283 g/mol. The number of nitrogens with one attached hydrogen (secondary N) is 1. The quantitative estimate of drug-likeness (QED) is 0.886. The topological polar surface area (TPSA) is 41.5 Å². The lowest BCUT2D eigenvalue weighted by atomic mass is 9.98. The Balaban J connectivity index is 1.80. The zero-order valence-electron chi connectivity index (χ0n) is 12.1. The van der Waals surface area contributed by atoms with E-state index in [0.717, 1.165) is 30.6 Å². The van der Waals surface area contributed by atoms with E-state index >= 15 is 0 Å². The Morgan fingerprint density at radius 1 is 1.14 bits per heavy atom. The van der Waals surface area contributed by atoms with E-state index in [1.54, 1.807) is 0 Å². The summed E-state index contributed by atoms with van der Waals surface area (Å²) >= 11 is 0. The Kier molecular flexibility index (Phi) is 4.65. The molecule has 2 aromatic carbocycles. The minimum atomic E-state index is 0.0697. The molecule has 3 rings (SSSR count). The first kappa shape index (κ1) is 14.3. The molecule has 1 fully saturated rings. The lowest BCUT2D eigenvalue weighted by molar-refractivity contribution is 0.0545. The van der Waals surface area contributed by atoms with Gasteiger partial charge in [-0.2, -0.15) is 0 Å². The Hall–Kier alpha value is -1.68. The van der Waals surface area contributed by atoms with Crippen molar-refractivity contribution in [3.05, 3.63) is 59.7 Å². The van der Waals surface area contributed by atoms with Crippen LogP contribution in [0.25, 0.3) is 11.1 Å². The standard InChI is InChI=1S/C18H21NO2/c20-12-14-4-3-6-15(10-14)18-7-2-1-5-16(18)13-21-17-8-9-19-11-17/h1-7,10,17,19-20H,8-9,11-13H2/t17-/m0/s1. The largest absolute Gasteiger partial charge is 0.392 e. The molecule has 1 atom stereocenters. The molecule has 21 heavy (non-hydrogen) atoms. The molecule has 3 nitrogen and oxygen atoms in total. The van der Waals surface area contributed by atoms with Crippen molar-refractivity contribution in [1.82, 2.24) is 5.32 Å². The molecular weight excluding hydrogens is 262 g/mol. The maximum atomic E-state index is 9.29. The van der Waals surface area contributed by atoms with E-state index in [9.17, 15) is 5.11 Å². The van der Waals surface area contributed by atoms with Gasteiger partial charge in [-0.1, -0.05) is 42.5 Å². The van der Waals surface area contributed by atoms with E-state index in [0.29, 0.717) is 12.7 Å². The highest BCUT2D eigenvalue weighted by atomic mass is 16.5. The van der Waals surface area contributed by atoms with Crippen LogP contribution < -0.4 is 5.32 Å². The predicted molar refractivity (Wildman–Crippen MR) is 83.9 cm³/mol. The maximum Gasteiger partial charge on any atom is 0.0727 e. The maximum absolute atomic E-state index is 9.29. The summed E-state index contributed by atoms with van der Waals surface area (Å²) in [5.74, 6) is 0. The molecule has 1 aliphatic rings. The minimum Gasteiger partial charge on any atom is -0.392 e. The van der Waals surface area contributed by atoms with Gasteiger partial charge in [-0.3, -0.25) is 0 Å². The molecule has 0 radical (unpaired) electrons. The summed E-state index contributed by atoms with van der Waals surface area (Å²) in [7, 11) is 0. The van der Waals surface area contributed by atoms with Crippen molar-refractivity contribution in [2.24, 2.45) is 0 Å². The molecule has 0 aromatic heterocycles. The van der Waals surface area contributed by atoms with E-state index in [1.807, 2.05) is 30.3 Å². The summed E-state index contributed by atoms with van der Waals surface area (Å²) in [6, 6.07) is 16.4. The van der Waals surface area contributed by atoms with Crippen molar-refractivity contribution < 1.29 is 9.84 Å². The van der Waals surface area contributed by atoms with E-state index in [-0.39, 0.29) is 6.61 Å². The van der Waals surface area contributed by atoms with Gasteiger partial charge in [0.2, 0.25) is 0 Å². The fourth-order valence-electron chi connectivity index (χ4n) is 2.74. The molecule has 1 aliphatic heterocycles. The summed E-state index contributed by atoms with van der Waals surface area (Å²) in [6.07, 6.45) is 1.41. The fourth-order valence-corrected chi connectivity index (χ4v) is 2.74. The van der Waals surface area contributed by atoms with Gasteiger partial charge in [0, 0.05) is 6.54 Å². The number of aliphatic hydroxyl groups is 1. The van der Waals surface area contributed by atoms with Crippen LogP contribution in [0.2, 0.25) is 0 Å². The summed E-state index contributed by atoms with van der Waals surface area (Å²) in [5, 5.41) is 12.6. The normalized spacial score (nSPS) is 18.0. The SMILES string of the molecule is OCc1cccc(-c2ccccc2CO[C@H]2CCNC2)c1. The van der Waals surface area contributed by atoms with E-state index in [2.05, 4.69) is 23.5 Å². The molecule has 2 aromatic rings. The smallest absolute Gasteiger partial charge is 0.0727 e. The molecule has 1 heterocycles. The van der Waals surface area contributed by atoms with Gasteiger partial charge in [0.25, 0.3) is 0 Å². The number of benzene rings is 2. The third kappa shape index (κ3) is 3.50. The van der Waals surface area contributed by atoms with Gasteiger partial charge in [0.05, 0.1) is 19.3 Å². The Labute approximate surface area is 125 Å². The van der Waals surface area contributed by atoms with Gasteiger partial charge in [-0.25, -0.2) is 0 Å². The first-order chi connectivity index (χ1) is 10.4. The molecule has 1 saturated heterocycles. The molecule has 0 saturated carbocycles. The summed E-state index contributed by atoms with van der Waals surface area (Å²) < 4.78 is 6.00. The van der Waals surface area contributed by atoms with Crippen molar-refractivity contribution in [3.63, 3.8) is 0 Å². The van der Waals surface area contributed by atoms with Crippen LogP contribution in [-0.4, -0.2) is 24.3 Å². The highest BCUT2D eigenvalue weighted by Gasteiger charge is 2.15. The van der Waals surface area contributed by atoms with Crippen LogP contribution in [0.3, 0.4) is 0 Å². The van der Waals surface area contributed by atoms with Crippen LogP contribution >= 0.6 is 0 Å². The van der Waals surface area contributed by atoms with Crippen molar-refractivity contribution in [1.29, 1.82) is 0 Å². The summed E-state index contributed by atoms with van der Waals surface area (Å²) in [4.78, 5) is 0. The van der Waals surface area contributed by atoms with Crippen molar-refractivity contribution in [3.8, 4) is 11.1 Å². The predicted octanol–water partition coefficient (Wildman–Crippen LogP) is 2.72. The molecule has 0 unspecified atom stereocenters. The van der Waals surface area contributed by atoms with E-state index in [4.69, 9.17) is 4.74 Å². The number of rotatable bonds is 5. The number of hydrogen-bond donors (Lipinski definition) is 2. The Bertz CT molecular complexity index is 591. The molecule has 0 amide bonds. The molecular formula is C18H21NO2. The zero-order chi connectivity index (χ0) is 14.5. The third-order valence-electron chi connectivity index (χ3n) is 3.93. The highest BCUT2D eigenvalue weighted by Crippen LogP contribution is 2.25. The fraction of sp³-hybridized carbons (Fsp3) is 0.333. The lowest BCUT2D eigenvalue weighted by Crippen LogP contribution is -2.16. The Morgan fingerprint density at radius 2 is 2.05 bits per heavy atom. The van der Waals surface area contributed by atoms with E-state index in [1.165, 1.54) is 11.1 Å². The lowest BCUT2D eigenvalue weighted by Gasteiger charge is -2.14. The van der Waals surface area contributed by atoms with Gasteiger partial charge >= 0.3 is 0 Å². The highest BCUT2D eigenvalue weighted by molar-refractivity contribution is 5.67. The second-order valence-electron chi connectivity index (χ2n) is 5.44. The van der Waals surface area contributed by atoms with Crippen LogP contribution in [0.1, 0.15) is 17.5 Å². The van der Waals surface area contributed by atoms with Gasteiger partial charge in [0.15, 0.2) is 0 Å². The molecule has 2 N–H and O–H groups in total. The number of aliphatic hydroxyl groups excluding tert-OH is 1. The minimum absolute atomic E-state index is 0.0697. The summed E-state index contributed by atoms with van der Waals surface area (Å²) in [5.41, 5.74) is 4.44. The van der Waals surface area contributed by atoms with Crippen LogP contribution in [0, 0.1) is 0 Å². The van der Waals surface area contributed by atoms with Crippen LogP contribution in [-0.2, 0) is 18.0 Å². The first-order valence-corrected chi connectivity index (χ1v) is 7.47.